The summed E-state index contributed by atoms with van der Waals surface area (Å²) in [5, 5.41) is 24.2. The first-order chi connectivity index (χ1) is 15.4. The molecule has 0 saturated carbocycles. The number of morpholine rings is 1. The summed E-state index contributed by atoms with van der Waals surface area (Å²) in [6.45, 7) is 3.04. The fourth-order valence-corrected chi connectivity index (χ4v) is 3.80. The number of nitrogens with zero attached hydrogens (tertiary/aromatic N) is 6. The number of ether oxygens (including phenoxy) is 1. The van der Waals surface area contributed by atoms with Crippen LogP contribution in [0.15, 0.2) is 55.1 Å². The van der Waals surface area contributed by atoms with Crippen LogP contribution in [0.1, 0.15) is 11.1 Å². The second-order valence-corrected chi connectivity index (χ2v) is 8.18. The Balaban J connectivity index is 1.65. The molecule has 2 N–H and O–H groups in total. The van der Waals surface area contributed by atoms with Gasteiger partial charge in [0.05, 0.1) is 36.7 Å². The lowest BCUT2D eigenvalue weighted by molar-refractivity contribution is 0.122. The summed E-state index contributed by atoms with van der Waals surface area (Å²) in [6.07, 6.45) is 3.15. The molecule has 12 heteroatoms. The molecule has 166 valence electrons. The third-order valence-electron chi connectivity index (χ3n) is 4.90. The standard InChI is InChI=1S/C20H21N7O4S/c21-12-17-3-4-18(11-20(17)25-7-9-30-10-8-25)27(26-14-23-24-15-26)13-16-1-5-19(6-2-16)31-32(22,28)29/h1-6,11,14-15H,7-10,13H2,(H2,22,28,29). The van der Waals surface area contributed by atoms with Crippen molar-refractivity contribution in [3.63, 3.8) is 0 Å². The van der Waals surface area contributed by atoms with Crippen LogP contribution in [-0.2, 0) is 21.6 Å². The van der Waals surface area contributed by atoms with Crippen LogP contribution in [0.5, 0.6) is 5.75 Å². The maximum Gasteiger partial charge on any atom is 0.380 e. The van der Waals surface area contributed by atoms with E-state index in [1.807, 2.05) is 17.1 Å². The summed E-state index contributed by atoms with van der Waals surface area (Å²) in [5.41, 5.74) is 3.13. The zero-order chi connectivity index (χ0) is 22.6. The van der Waals surface area contributed by atoms with E-state index in [9.17, 15) is 13.7 Å². The van der Waals surface area contributed by atoms with Crippen LogP contribution in [0.3, 0.4) is 0 Å². The van der Waals surface area contributed by atoms with Gasteiger partial charge in [0.2, 0.25) is 0 Å². The highest BCUT2D eigenvalue weighted by Crippen LogP contribution is 2.29. The first-order valence-corrected chi connectivity index (χ1v) is 11.2. The van der Waals surface area contributed by atoms with E-state index in [1.165, 1.54) is 12.1 Å². The highest BCUT2D eigenvalue weighted by molar-refractivity contribution is 7.84. The summed E-state index contributed by atoms with van der Waals surface area (Å²) in [6, 6.07) is 14.4. The first-order valence-electron chi connectivity index (χ1n) is 9.73. The van der Waals surface area contributed by atoms with Gasteiger partial charge >= 0.3 is 10.3 Å². The molecule has 1 aliphatic heterocycles. The Morgan fingerprint density at radius 3 is 2.44 bits per heavy atom. The maximum atomic E-state index is 11.1. The van der Waals surface area contributed by atoms with Crippen molar-refractivity contribution in [2.75, 3.05) is 36.2 Å². The largest absolute Gasteiger partial charge is 0.380 e. The van der Waals surface area contributed by atoms with Gasteiger partial charge in [0.25, 0.3) is 0 Å². The van der Waals surface area contributed by atoms with Crippen LogP contribution >= 0.6 is 0 Å². The lowest BCUT2D eigenvalue weighted by Gasteiger charge is -2.31. The van der Waals surface area contributed by atoms with E-state index in [1.54, 1.807) is 35.5 Å². The van der Waals surface area contributed by atoms with E-state index in [-0.39, 0.29) is 5.75 Å². The van der Waals surface area contributed by atoms with Gasteiger partial charge in [0.15, 0.2) is 0 Å². The highest BCUT2D eigenvalue weighted by atomic mass is 32.2. The smallest absolute Gasteiger partial charge is 0.378 e. The van der Waals surface area contributed by atoms with Crippen LogP contribution in [0, 0.1) is 11.3 Å². The number of benzene rings is 2. The second-order valence-electron chi connectivity index (χ2n) is 7.03. The monoisotopic (exact) mass is 455 g/mol. The predicted octanol–water partition coefficient (Wildman–Crippen LogP) is 1.04. The van der Waals surface area contributed by atoms with Gasteiger partial charge in [-0.3, -0.25) is 5.01 Å². The molecule has 3 aromatic rings. The summed E-state index contributed by atoms with van der Waals surface area (Å²) in [7, 11) is -4.08. The summed E-state index contributed by atoms with van der Waals surface area (Å²) < 4.78 is 34.1. The number of aromatic nitrogens is 3. The molecule has 1 saturated heterocycles. The van der Waals surface area contributed by atoms with E-state index >= 15 is 0 Å². The van der Waals surface area contributed by atoms with E-state index in [0.717, 1.165) is 16.9 Å². The molecule has 11 nitrogen and oxygen atoms in total. The van der Waals surface area contributed by atoms with E-state index < -0.39 is 10.3 Å². The molecule has 0 atom stereocenters. The van der Waals surface area contributed by atoms with E-state index in [0.29, 0.717) is 38.4 Å². The molecule has 1 aromatic heterocycles. The van der Waals surface area contributed by atoms with Gasteiger partial charge in [-0.15, -0.1) is 10.2 Å². The third kappa shape index (κ3) is 5.14. The average Bonchev–Trinajstić information content (AvgIpc) is 3.32. The minimum Gasteiger partial charge on any atom is -0.378 e. The number of rotatable bonds is 7. The Morgan fingerprint density at radius 1 is 1.12 bits per heavy atom. The van der Waals surface area contributed by atoms with Crippen LogP contribution in [0.4, 0.5) is 11.4 Å². The van der Waals surface area contributed by atoms with Crippen LogP contribution < -0.4 is 19.2 Å². The van der Waals surface area contributed by atoms with Crippen molar-refractivity contribution in [2.45, 2.75) is 6.54 Å². The summed E-state index contributed by atoms with van der Waals surface area (Å²) in [4.78, 5) is 2.13. The Labute approximate surface area is 185 Å². The molecule has 0 unspecified atom stereocenters. The number of nitriles is 1. The molecule has 2 aromatic carbocycles. The van der Waals surface area contributed by atoms with Crippen molar-refractivity contribution in [3.05, 3.63) is 66.2 Å². The SMILES string of the molecule is N#Cc1ccc(N(Cc2ccc(OS(N)(=O)=O)cc2)n2cnnc2)cc1N1CCOCC1. The molecule has 32 heavy (non-hydrogen) atoms. The van der Waals surface area contributed by atoms with Crippen molar-refractivity contribution < 1.29 is 17.3 Å². The van der Waals surface area contributed by atoms with Gasteiger partial charge in [-0.25, -0.2) is 4.68 Å². The fourth-order valence-electron chi connectivity index (χ4n) is 3.42. The van der Waals surface area contributed by atoms with Gasteiger partial charge < -0.3 is 13.8 Å². The lowest BCUT2D eigenvalue weighted by atomic mass is 10.1. The lowest BCUT2D eigenvalue weighted by Crippen LogP contribution is -2.37. The Hall–Kier alpha value is -3.66. The predicted molar refractivity (Wildman–Crippen MR) is 116 cm³/mol. The van der Waals surface area contributed by atoms with Crippen LogP contribution in [0.2, 0.25) is 0 Å². The molecule has 0 radical (unpaired) electrons. The number of anilines is 2. The van der Waals surface area contributed by atoms with Crippen molar-refractivity contribution in [1.82, 2.24) is 14.9 Å². The van der Waals surface area contributed by atoms with Crippen LogP contribution in [-0.4, -0.2) is 49.6 Å². The van der Waals surface area contributed by atoms with Crippen molar-refractivity contribution in [3.8, 4) is 11.8 Å². The zero-order valence-electron chi connectivity index (χ0n) is 17.0. The number of nitrogens with two attached hydrogens (primary N) is 1. The number of hydrogen-bond acceptors (Lipinski definition) is 9. The molecule has 4 rings (SSSR count). The molecular weight excluding hydrogens is 434 g/mol. The molecule has 0 aliphatic carbocycles. The van der Waals surface area contributed by atoms with Crippen molar-refractivity contribution in [1.29, 1.82) is 5.26 Å². The molecule has 1 fully saturated rings. The summed E-state index contributed by atoms with van der Waals surface area (Å²) in [5.74, 6) is 0.125. The van der Waals surface area contributed by atoms with Crippen molar-refractivity contribution in [2.24, 2.45) is 5.14 Å². The molecule has 2 heterocycles. The molecule has 0 amide bonds. The molecular formula is C20H21N7O4S. The van der Waals surface area contributed by atoms with Gasteiger partial charge in [-0.05, 0) is 35.9 Å². The Kier molecular flexibility index (Phi) is 6.22. The van der Waals surface area contributed by atoms with Gasteiger partial charge in [-0.1, -0.05) is 12.1 Å². The number of hydrogen-bond donors (Lipinski definition) is 1. The first kappa shape index (κ1) is 21.6. The minimum absolute atomic E-state index is 0.125. The quantitative estimate of drug-likeness (QED) is 0.553. The topological polar surface area (TPSA) is 140 Å². The maximum absolute atomic E-state index is 11.1. The van der Waals surface area contributed by atoms with E-state index in [4.69, 9.17) is 14.1 Å². The Bertz CT molecular complexity index is 1200. The van der Waals surface area contributed by atoms with Crippen molar-refractivity contribution >= 4 is 21.7 Å². The zero-order valence-corrected chi connectivity index (χ0v) is 17.9. The van der Waals surface area contributed by atoms with Gasteiger partial charge in [0.1, 0.15) is 24.5 Å². The average molecular weight is 456 g/mol. The van der Waals surface area contributed by atoms with Gasteiger partial charge in [0, 0.05) is 13.1 Å². The normalized spacial score (nSPS) is 14.1. The Morgan fingerprint density at radius 2 is 1.81 bits per heavy atom. The van der Waals surface area contributed by atoms with E-state index in [2.05, 4.69) is 21.2 Å². The molecule has 1 aliphatic rings. The third-order valence-corrected chi connectivity index (χ3v) is 5.33. The summed E-state index contributed by atoms with van der Waals surface area (Å²) >= 11 is 0. The second kappa shape index (κ2) is 9.23. The molecule has 0 bridgehead atoms. The van der Waals surface area contributed by atoms with Crippen LogP contribution in [0.25, 0.3) is 0 Å². The fraction of sp³-hybridized carbons (Fsp3) is 0.250. The highest BCUT2D eigenvalue weighted by Gasteiger charge is 2.18. The molecule has 0 spiro atoms. The van der Waals surface area contributed by atoms with Gasteiger partial charge in [-0.2, -0.15) is 18.8 Å². The minimum atomic E-state index is -4.08.